The summed E-state index contributed by atoms with van der Waals surface area (Å²) in [6.45, 7) is 6.82. The lowest BCUT2D eigenvalue weighted by Crippen LogP contribution is -2.37. The van der Waals surface area contributed by atoms with Gasteiger partial charge in [0.05, 0.1) is 4.75 Å². The van der Waals surface area contributed by atoms with Gasteiger partial charge in [0.25, 0.3) is 0 Å². The molecule has 100 valence electrons. The molecule has 0 radical (unpaired) electrons. The van der Waals surface area contributed by atoms with Gasteiger partial charge < -0.3 is 0 Å². The van der Waals surface area contributed by atoms with Crippen molar-refractivity contribution in [2.45, 2.75) is 44.4 Å². The third-order valence-corrected chi connectivity index (χ3v) is 5.11. The van der Waals surface area contributed by atoms with Gasteiger partial charge in [0, 0.05) is 12.6 Å². The number of hydrogen-bond donors (Lipinski definition) is 0. The SMILES string of the molecule is CC(C)(C)[S@](=O)N1CCCC1c1ccc(F)cc1. The maximum Gasteiger partial charge on any atom is 0.123 e. The van der Waals surface area contributed by atoms with E-state index in [0.717, 1.165) is 24.9 Å². The fourth-order valence-corrected chi connectivity index (χ4v) is 3.77. The molecule has 0 aromatic heterocycles. The third kappa shape index (κ3) is 2.81. The Bertz CT molecular complexity index is 438. The van der Waals surface area contributed by atoms with Crippen molar-refractivity contribution < 1.29 is 8.60 Å². The van der Waals surface area contributed by atoms with E-state index in [2.05, 4.69) is 0 Å². The van der Waals surface area contributed by atoms with Gasteiger partial charge in [-0.05, 0) is 51.3 Å². The topological polar surface area (TPSA) is 20.3 Å². The summed E-state index contributed by atoms with van der Waals surface area (Å²) in [6, 6.07) is 6.72. The standard InChI is InChI=1S/C14H20FNOS/c1-14(2,3)18(17)16-10-4-5-13(16)11-6-8-12(15)9-7-11/h6-9,13H,4-5,10H2,1-3H3/t13?,18-/m0/s1. The van der Waals surface area contributed by atoms with Gasteiger partial charge in [-0.1, -0.05) is 12.1 Å². The first-order valence-electron chi connectivity index (χ1n) is 6.34. The minimum absolute atomic E-state index is 0.158. The zero-order valence-electron chi connectivity index (χ0n) is 11.1. The lowest BCUT2D eigenvalue weighted by Gasteiger charge is -2.30. The fraction of sp³-hybridized carbons (Fsp3) is 0.571. The first-order valence-corrected chi connectivity index (χ1v) is 7.44. The Morgan fingerprint density at radius 1 is 1.28 bits per heavy atom. The van der Waals surface area contributed by atoms with Crippen LogP contribution in [0.2, 0.25) is 0 Å². The molecule has 2 rings (SSSR count). The monoisotopic (exact) mass is 269 g/mol. The summed E-state index contributed by atoms with van der Waals surface area (Å²) in [5.41, 5.74) is 1.06. The minimum atomic E-state index is -1.01. The second-order valence-corrected chi connectivity index (χ2v) is 7.90. The second kappa shape index (κ2) is 5.10. The van der Waals surface area contributed by atoms with Gasteiger partial charge in [0.1, 0.15) is 16.8 Å². The molecule has 0 saturated carbocycles. The molecule has 4 heteroatoms. The van der Waals surface area contributed by atoms with Crippen LogP contribution in [-0.4, -0.2) is 19.8 Å². The molecule has 1 fully saturated rings. The van der Waals surface area contributed by atoms with E-state index in [9.17, 15) is 8.60 Å². The maximum absolute atomic E-state index is 12.9. The number of halogens is 1. The van der Waals surface area contributed by atoms with Crippen molar-refractivity contribution in [3.8, 4) is 0 Å². The average molecular weight is 269 g/mol. The van der Waals surface area contributed by atoms with Gasteiger partial charge in [-0.3, -0.25) is 0 Å². The van der Waals surface area contributed by atoms with Gasteiger partial charge in [-0.2, -0.15) is 0 Å². The highest BCUT2D eigenvalue weighted by molar-refractivity contribution is 7.84. The van der Waals surface area contributed by atoms with Gasteiger partial charge in [-0.15, -0.1) is 0 Å². The maximum atomic E-state index is 12.9. The van der Waals surface area contributed by atoms with Crippen LogP contribution in [0.1, 0.15) is 45.2 Å². The molecule has 1 heterocycles. The molecule has 0 bridgehead atoms. The van der Waals surface area contributed by atoms with Crippen LogP contribution in [0.5, 0.6) is 0 Å². The van der Waals surface area contributed by atoms with E-state index in [1.54, 1.807) is 12.1 Å². The summed E-state index contributed by atoms with van der Waals surface area (Å²) >= 11 is 0. The molecule has 2 atom stereocenters. The van der Waals surface area contributed by atoms with Crippen molar-refractivity contribution in [2.24, 2.45) is 0 Å². The lowest BCUT2D eigenvalue weighted by atomic mass is 10.1. The van der Waals surface area contributed by atoms with Crippen LogP contribution >= 0.6 is 0 Å². The summed E-state index contributed by atoms with van der Waals surface area (Å²) in [7, 11) is -1.01. The van der Waals surface area contributed by atoms with Gasteiger partial charge >= 0.3 is 0 Å². The van der Waals surface area contributed by atoms with Crippen LogP contribution in [-0.2, 0) is 11.0 Å². The molecule has 1 unspecified atom stereocenters. The van der Waals surface area contributed by atoms with Crippen molar-refractivity contribution in [3.05, 3.63) is 35.6 Å². The number of nitrogens with zero attached hydrogens (tertiary/aromatic N) is 1. The smallest absolute Gasteiger partial charge is 0.123 e. The van der Waals surface area contributed by atoms with Crippen molar-refractivity contribution in [1.29, 1.82) is 0 Å². The average Bonchev–Trinajstić information content (AvgIpc) is 2.76. The van der Waals surface area contributed by atoms with Gasteiger partial charge in [0.2, 0.25) is 0 Å². The molecule has 2 nitrogen and oxygen atoms in total. The van der Waals surface area contributed by atoms with E-state index in [4.69, 9.17) is 0 Å². The van der Waals surface area contributed by atoms with Gasteiger partial charge in [0.15, 0.2) is 0 Å². The van der Waals surface area contributed by atoms with Crippen LogP contribution < -0.4 is 0 Å². The lowest BCUT2D eigenvalue weighted by molar-refractivity contribution is 0.415. The molecule has 1 aliphatic heterocycles. The summed E-state index contributed by atoms with van der Waals surface area (Å²) in [4.78, 5) is 0. The van der Waals surface area contributed by atoms with Crippen molar-refractivity contribution >= 4 is 11.0 Å². The van der Waals surface area contributed by atoms with E-state index < -0.39 is 11.0 Å². The molecular weight excluding hydrogens is 249 g/mol. The molecule has 18 heavy (non-hydrogen) atoms. The highest BCUT2D eigenvalue weighted by Gasteiger charge is 2.35. The quantitative estimate of drug-likeness (QED) is 0.805. The largest absolute Gasteiger partial charge is 0.242 e. The second-order valence-electron chi connectivity index (χ2n) is 5.71. The predicted molar refractivity (Wildman–Crippen MR) is 73.0 cm³/mol. The van der Waals surface area contributed by atoms with E-state index in [-0.39, 0.29) is 16.6 Å². The van der Waals surface area contributed by atoms with E-state index in [1.165, 1.54) is 12.1 Å². The van der Waals surface area contributed by atoms with E-state index in [1.807, 2.05) is 25.1 Å². The highest BCUT2D eigenvalue weighted by atomic mass is 32.2. The first kappa shape index (κ1) is 13.7. The molecule has 1 saturated heterocycles. The summed E-state index contributed by atoms with van der Waals surface area (Å²) in [5, 5.41) is 0. The van der Waals surface area contributed by atoms with Crippen molar-refractivity contribution in [2.75, 3.05) is 6.54 Å². The fourth-order valence-electron chi connectivity index (χ4n) is 2.31. The summed E-state index contributed by atoms with van der Waals surface area (Å²) in [6.07, 6.45) is 2.04. The van der Waals surface area contributed by atoms with Crippen LogP contribution in [0.4, 0.5) is 4.39 Å². The zero-order chi connectivity index (χ0) is 13.3. The van der Waals surface area contributed by atoms with Crippen LogP contribution in [0, 0.1) is 5.82 Å². The minimum Gasteiger partial charge on any atom is -0.242 e. The number of rotatable bonds is 2. The zero-order valence-corrected chi connectivity index (χ0v) is 12.0. The molecule has 0 amide bonds. The van der Waals surface area contributed by atoms with E-state index in [0.29, 0.717) is 0 Å². The molecule has 1 aromatic rings. The van der Waals surface area contributed by atoms with Crippen molar-refractivity contribution in [1.82, 2.24) is 4.31 Å². The van der Waals surface area contributed by atoms with Crippen LogP contribution in [0.3, 0.4) is 0 Å². The molecule has 0 spiro atoms. The number of benzene rings is 1. The Morgan fingerprint density at radius 2 is 1.89 bits per heavy atom. The Labute approximate surface area is 111 Å². The highest BCUT2D eigenvalue weighted by Crippen LogP contribution is 2.35. The molecular formula is C14H20FNOS. The molecule has 1 aliphatic rings. The Kier molecular flexibility index (Phi) is 3.87. The predicted octanol–water partition coefficient (Wildman–Crippen LogP) is 3.42. The molecule has 1 aromatic carbocycles. The van der Waals surface area contributed by atoms with Crippen LogP contribution in [0.15, 0.2) is 24.3 Å². The van der Waals surface area contributed by atoms with E-state index >= 15 is 0 Å². The van der Waals surface area contributed by atoms with Gasteiger partial charge in [-0.25, -0.2) is 12.9 Å². The van der Waals surface area contributed by atoms with Crippen molar-refractivity contribution in [3.63, 3.8) is 0 Å². The summed E-state index contributed by atoms with van der Waals surface area (Å²) in [5.74, 6) is -0.222. The molecule has 0 N–H and O–H groups in total. The molecule has 0 aliphatic carbocycles. The Hall–Kier alpha value is -0.740. The normalized spacial score (nSPS) is 23.2. The first-order chi connectivity index (χ1) is 8.39. The Morgan fingerprint density at radius 3 is 2.44 bits per heavy atom. The number of hydrogen-bond acceptors (Lipinski definition) is 1. The Balaban J connectivity index is 2.22. The summed E-state index contributed by atoms with van der Waals surface area (Å²) < 4.78 is 27.2. The third-order valence-electron chi connectivity index (χ3n) is 3.20. The van der Waals surface area contributed by atoms with Crippen LogP contribution in [0.25, 0.3) is 0 Å².